The van der Waals surface area contributed by atoms with Crippen LogP contribution in [0.3, 0.4) is 0 Å². The molecule has 0 aliphatic heterocycles. The number of halogens is 2. The minimum Gasteiger partial charge on any atom is -0.381 e. The number of hydrogen-bond acceptors (Lipinski definition) is 3. The molecule has 0 aromatic carbocycles. The molecule has 0 saturated heterocycles. The first kappa shape index (κ1) is 11.5. The molecule has 0 fully saturated rings. The monoisotopic (exact) mass is 238 g/mol. The maximum Gasteiger partial charge on any atom is 0.176 e. The van der Waals surface area contributed by atoms with Crippen LogP contribution < -0.4 is 5.73 Å². The molecule has 0 bridgehead atoms. The first-order valence-corrected chi connectivity index (χ1v) is 5.14. The van der Waals surface area contributed by atoms with Crippen LogP contribution in [0.2, 0.25) is 0 Å². The van der Waals surface area contributed by atoms with Crippen LogP contribution in [0.5, 0.6) is 0 Å². The zero-order valence-corrected chi connectivity index (χ0v) is 9.48. The predicted molar refractivity (Wildman–Crippen MR) is 60.2 cm³/mol. The Labute approximate surface area is 97.1 Å². The lowest BCUT2D eigenvalue weighted by atomic mass is 10.1. The highest BCUT2D eigenvalue weighted by atomic mass is 19.1. The van der Waals surface area contributed by atoms with E-state index in [-0.39, 0.29) is 17.4 Å². The molecule has 0 spiro atoms. The Balaban J connectivity index is 2.56. The highest BCUT2D eigenvalue weighted by Gasteiger charge is 2.17. The van der Waals surface area contributed by atoms with E-state index in [2.05, 4.69) is 10.1 Å². The second kappa shape index (κ2) is 4.12. The highest BCUT2D eigenvalue weighted by molar-refractivity contribution is 5.66. The van der Waals surface area contributed by atoms with Gasteiger partial charge in [-0.2, -0.15) is 5.10 Å². The van der Waals surface area contributed by atoms with E-state index < -0.39 is 11.6 Å². The largest absolute Gasteiger partial charge is 0.381 e. The van der Waals surface area contributed by atoms with E-state index in [1.807, 2.05) is 13.8 Å². The van der Waals surface area contributed by atoms with E-state index in [0.29, 0.717) is 5.56 Å². The number of nitrogens with zero attached hydrogens (tertiary/aromatic N) is 3. The van der Waals surface area contributed by atoms with E-state index >= 15 is 0 Å². The van der Waals surface area contributed by atoms with Crippen molar-refractivity contribution < 1.29 is 8.78 Å². The van der Waals surface area contributed by atoms with Crippen LogP contribution in [0.1, 0.15) is 19.9 Å². The van der Waals surface area contributed by atoms with Crippen molar-refractivity contribution in [2.45, 2.75) is 19.9 Å². The molecule has 90 valence electrons. The molecule has 0 aliphatic carbocycles. The summed E-state index contributed by atoms with van der Waals surface area (Å²) < 4.78 is 28.8. The number of nitrogens with two attached hydrogens (primary N) is 1. The quantitative estimate of drug-likeness (QED) is 0.873. The summed E-state index contributed by atoms with van der Waals surface area (Å²) in [5.41, 5.74) is 5.47. The standard InChI is InChI=1S/C11H12F2N4/c1-6(2)17-5-7(3-16-17)9-8(12)4-15-11(14)10(9)13/h3-6H,1-2H3,(H2,14,15). The fourth-order valence-corrected chi connectivity index (χ4v) is 1.49. The maximum atomic E-state index is 13.7. The smallest absolute Gasteiger partial charge is 0.176 e. The average Bonchev–Trinajstić information content (AvgIpc) is 2.73. The van der Waals surface area contributed by atoms with Crippen molar-refractivity contribution in [2.24, 2.45) is 0 Å². The summed E-state index contributed by atoms with van der Waals surface area (Å²) in [4.78, 5) is 3.41. The van der Waals surface area contributed by atoms with Gasteiger partial charge in [0.25, 0.3) is 0 Å². The van der Waals surface area contributed by atoms with Crippen LogP contribution in [-0.2, 0) is 0 Å². The molecular formula is C11H12F2N4. The van der Waals surface area contributed by atoms with Crippen LogP contribution >= 0.6 is 0 Å². The van der Waals surface area contributed by atoms with Crippen molar-refractivity contribution in [3.8, 4) is 11.1 Å². The van der Waals surface area contributed by atoms with Gasteiger partial charge in [-0.15, -0.1) is 0 Å². The first-order valence-electron chi connectivity index (χ1n) is 5.14. The van der Waals surface area contributed by atoms with Crippen molar-refractivity contribution in [3.63, 3.8) is 0 Å². The molecule has 0 unspecified atom stereocenters. The first-order chi connectivity index (χ1) is 8.00. The highest BCUT2D eigenvalue weighted by Crippen LogP contribution is 2.28. The van der Waals surface area contributed by atoms with Crippen molar-refractivity contribution in [1.29, 1.82) is 0 Å². The molecule has 2 N–H and O–H groups in total. The van der Waals surface area contributed by atoms with Gasteiger partial charge in [0.1, 0.15) is 0 Å². The third-order valence-electron chi connectivity index (χ3n) is 2.42. The SMILES string of the molecule is CC(C)n1cc(-c2c(F)cnc(N)c2F)cn1. The molecular weight excluding hydrogens is 226 g/mol. The number of nitrogen functional groups attached to an aromatic ring is 1. The zero-order chi connectivity index (χ0) is 12.6. The Hall–Kier alpha value is -1.98. The lowest BCUT2D eigenvalue weighted by Gasteiger charge is -2.05. The normalized spacial score (nSPS) is 11.1. The Morgan fingerprint density at radius 2 is 2.00 bits per heavy atom. The Kier molecular flexibility index (Phi) is 2.79. The van der Waals surface area contributed by atoms with Gasteiger partial charge in [-0.05, 0) is 13.8 Å². The summed E-state index contributed by atoms with van der Waals surface area (Å²) in [6, 6.07) is 0.119. The molecule has 2 aromatic rings. The Bertz CT molecular complexity index is 548. The summed E-state index contributed by atoms with van der Waals surface area (Å²) in [6.45, 7) is 3.84. The lowest BCUT2D eigenvalue weighted by Crippen LogP contribution is -2.01. The number of hydrogen-bond donors (Lipinski definition) is 1. The number of anilines is 1. The van der Waals surface area contributed by atoms with Crippen LogP contribution in [0.4, 0.5) is 14.6 Å². The van der Waals surface area contributed by atoms with E-state index in [1.54, 1.807) is 10.9 Å². The van der Waals surface area contributed by atoms with Gasteiger partial charge in [0.05, 0.1) is 18.0 Å². The van der Waals surface area contributed by atoms with Gasteiger partial charge in [-0.25, -0.2) is 13.8 Å². The number of aromatic nitrogens is 3. The minimum atomic E-state index is -0.853. The van der Waals surface area contributed by atoms with Gasteiger partial charge in [0.15, 0.2) is 17.5 Å². The summed E-state index contributed by atoms with van der Waals surface area (Å²) in [5.74, 6) is -1.92. The summed E-state index contributed by atoms with van der Waals surface area (Å²) in [6.07, 6.45) is 3.88. The Morgan fingerprint density at radius 3 is 2.59 bits per heavy atom. The van der Waals surface area contributed by atoms with E-state index in [9.17, 15) is 8.78 Å². The van der Waals surface area contributed by atoms with E-state index in [1.165, 1.54) is 6.20 Å². The van der Waals surface area contributed by atoms with Gasteiger partial charge >= 0.3 is 0 Å². The molecule has 2 rings (SSSR count). The number of rotatable bonds is 2. The van der Waals surface area contributed by atoms with E-state index in [4.69, 9.17) is 5.73 Å². The van der Waals surface area contributed by atoms with Crippen molar-refractivity contribution in [2.75, 3.05) is 5.73 Å². The van der Waals surface area contributed by atoms with E-state index in [0.717, 1.165) is 6.20 Å². The number of pyridine rings is 1. The summed E-state index contributed by atoms with van der Waals surface area (Å²) in [7, 11) is 0. The van der Waals surface area contributed by atoms with Crippen LogP contribution in [0.25, 0.3) is 11.1 Å². The molecule has 6 heteroatoms. The Morgan fingerprint density at radius 1 is 1.29 bits per heavy atom. The molecule has 2 heterocycles. The summed E-state index contributed by atoms with van der Waals surface area (Å²) in [5, 5.41) is 4.03. The van der Waals surface area contributed by atoms with Gasteiger partial charge in [-0.1, -0.05) is 0 Å². The topological polar surface area (TPSA) is 56.7 Å². The summed E-state index contributed by atoms with van der Waals surface area (Å²) >= 11 is 0. The molecule has 0 atom stereocenters. The second-order valence-electron chi connectivity index (χ2n) is 3.98. The molecule has 4 nitrogen and oxygen atoms in total. The maximum absolute atomic E-state index is 13.7. The minimum absolute atomic E-state index is 0.119. The molecule has 0 radical (unpaired) electrons. The van der Waals surface area contributed by atoms with Crippen molar-refractivity contribution >= 4 is 5.82 Å². The average molecular weight is 238 g/mol. The van der Waals surface area contributed by atoms with Crippen molar-refractivity contribution in [3.05, 3.63) is 30.2 Å². The van der Waals surface area contributed by atoms with Crippen LogP contribution in [0, 0.1) is 11.6 Å². The van der Waals surface area contributed by atoms with Crippen LogP contribution in [0.15, 0.2) is 18.6 Å². The lowest BCUT2D eigenvalue weighted by molar-refractivity contribution is 0.532. The third kappa shape index (κ3) is 1.98. The molecule has 2 aromatic heterocycles. The molecule has 0 amide bonds. The van der Waals surface area contributed by atoms with Gasteiger partial charge in [0.2, 0.25) is 0 Å². The molecule has 0 aliphatic rings. The third-order valence-corrected chi connectivity index (χ3v) is 2.42. The second-order valence-corrected chi connectivity index (χ2v) is 3.98. The molecule has 17 heavy (non-hydrogen) atoms. The fourth-order valence-electron chi connectivity index (χ4n) is 1.49. The molecule has 0 saturated carbocycles. The van der Waals surface area contributed by atoms with Gasteiger partial charge < -0.3 is 5.73 Å². The van der Waals surface area contributed by atoms with Crippen molar-refractivity contribution in [1.82, 2.24) is 14.8 Å². The van der Waals surface area contributed by atoms with Gasteiger partial charge in [0, 0.05) is 17.8 Å². The zero-order valence-electron chi connectivity index (χ0n) is 9.48. The predicted octanol–water partition coefficient (Wildman–Crippen LogP) is 2.39. The van der Waals surface area contributed by atoms with Crippen LogP contribution in [-0.4, -0.2) is 14.8 Å². The fraction of sp³-hybridized carbons (Fsp3) is 0.273. The van der Waals surface area contributed by atoms with Gasteiger partial charge in [-0.3, -0.25) is 4.68 Å².